The third-order valence-electron chi connectivity index (χ3n) is 4.66. The lowest BCUT2D eigenvalue weighted by Crippen LogP contribution is -2.33. The van der Waals surface area contributed by atoms with Crippen molar-refractivity contribution in [3.63, 3.8) is 0 Å². The van der Waals surface area contributed by atoms with E-state index < -0.39 is 29.8 Å². The zero-order valence-corrected chi connectivity index (χ0v) is 16.6. The molecule has 0 aliphatic carbocycles. The molecule has 0 aliphatic rings. The molecule has 0 unspecified atom stereocenters. The van der Waals surface area contributed by atoms with Crippen molar-refractivity contribution in [3.05, 3.63) is 81.8 Å². The number of alkyl halides is 3. The van der Waals surface area contributed by atoms with Crippen molar-refractivity contribution in [2.75, 3.05) is 11.9 Å². The van der Waals surface area contributed by atoms with E-state index in [0.29, 0.717) is 11.4 Å². The van der Waals surface area contributed by atoms with E-state index in [1.165, 1.54) is 12.1 Å². The van der Waals surface area contributed by atoms with Crippen LogP contribution in [-0.4, -0.2) is 27.2 Å². The van der Waals surface area contributed by atoms with Crippen LogP contribution in [0.4, 0.5) is 18.9 Å². The minimum absolute atomic E-state index is 0.0469. The molecule has 0 saturated carbocycles. The summed E-state index contributed by atoms with van der Waals surface area (Å²) in [5.74, 6) is -0.428. The second-order valence-electron chi connectivity index (χ2n) is 6.85. The molecular weight excluding hydrogens is 411 g/mol. The number of aromatic nitrogens is 2. The largest absolute Gasteiger partial charge is 0.416 e. The highest BCUT2D eigenvalue weighted by Gasteiger charge is 2.30. The van der Waals surface area contributed by atoms with Crippen molar-refractivity contribution < 1.29 is 23.1 Å². The summed E-state index contributed by atoms with van der Waals surface area (Å²) in [6.45, 7) is 0.901. The fraction of sp³-hybridized carbons (Fsp3) is 0.227. The molecule has 3 aromatic rings. The van der Waals surface area contributed by atoms with Crippen LogP contribution in [0.1, 0.15) is 16.8 Å². The highest BCUT2D eigenvalue weighted by Crippen LogP contribution is 2.30. The predicted octanol–water partition coefficient (Wildman–Crippen LogP) is 3.41. The standard InChI is InChI=1S/C22H20F3N3O3/c1-14-18(11-12-29)21(31)28(13-19(30)27-17-5-3-2-4-6-17)20(26-14)15-7-9-16(10-8-15)22(23,24)25/h2-10,29H,11-13H2,1H3,(H,27,30). The van der Waals surface area contributed by atoms with E-state index in [4.69, 9.17) is 0 Å². The molecule has 0 atom stereocenters. The van der Waals surface area contributed by atoms with Crippen LogP contribution in [0.25, 0.3) is 11.4 Å². The first-order valence-electron chi connectivity index (χ1n) is 9.44. The number of aliphatic hydroxyl groups is 1. The second kappa shape index (κ2) is 9.13. The molecule has 6 nitrogen and oxygen atoms in total. The van der Waals surface area contributed by atoms with Crippen molar-refractivity contribution >= 4 is 11.6 Å². The van der Waals surface area contributed by atoms with Gasteiger partial charge in [0.15, 0.2) is 0 Å². The number of anilines is 1. The average molecular weight is 431 g/mol. The van der Waals surface area contributed by atoms with Gasteiger partial charge in [-0.2, -0.15) is 13.2 Å². The Morgan fingerprint density at radius 2 is 1.74 bits per heavy atom. The summed E-state index contributed by atoms with van der Waals surface area (Å²) in [5, 5.41) is 11.9. The zero-order valence-electron chi connectivity index (χ0n) is 16.6. The molecule has 0 spiro atoms. The number of nitrogens with one attached hydrogen (secondary N) is 1. The number of halogens is 3. The van der Waals surface area contributed by atoms with Gasteiger partial charge in [0.05, 0.1) is 5.56 Å². The molecule has 1 amide bonds. The Hall–Kier alpha value is -3.46. The molecule has 2 N–H and O–H groups in total. The molecule has 31 heavy (non-hydrogen) atoms. The van der Waals surface area contributed by atoms with Crippen LogP contribution < -0.4 is 10.9 Å². The van der Waals surface area contributed by atoms with Crippen molar-refractivity contribution in [1.82, 2.24) is 9.55 Å². The predicted molar refractivity (Wildman–Crippen MR) is 110 cm³/mol. The minimum Gasteiger partial charge on any atom is -0.396 e. The van der Waals surface area contributed by atoms with Gasteiger partial charge in [-0.25, -0.2) is 4.98 Å². The molecule has 2 aromatic carbocycles. The Labute approximate surface area is 176 Å². The van der Waals surface area contributed by atoms with Crippen molar-refractivity contribution in [2.45, 2.75) is 26.1 Å². The summed E-state index contributed by atoms with van der Waals surface area (Å²) >= 11 is 0. The third-order valence-corrected chi connectivity index (χ3v) is 4.66. The minimum atomic E-state index is -4.50. The van der Waals surface area contributed by atoms with Gasteiger partial charge in [0, 0.05) is 35.5 Å². The van der Waals surface area contributed by atoms with E-state index in [1.54, 1.807) is 37.3 Å². The summed E-state index contributed by atoms with van der Waals surface area (Å²) in [5.41, 5.74) is 0.0168. The van der Waals surface area contributed by atoms with Gasteiger partial charge in [0.25, 0.3) is 5.56 Å². The van der Waals surface area contributed by atoms with Crippen LogP contribution in [0.15, 0.2) is 59.4 Å². The summed E-state index contributed by atoms with van der Waals surface area (Å²) in [7, 11) is 0. The highest BCUT2D eigenvalue weighted by atomic mass is 19.4. The molecule has 1 aromatic heterocycles. The number of carbonyl (C=O) groups is 1. The number of aliphatic hydroxyl groups excluding tert-OH is 1. The summed E-state index contributed by atoms with van der Waals surface area (Å²) < 4.78 is 39.8. The number of rotatable bonds is 6. The first-order chi connectivity index (χ1) is 14.7. The molecule has 0 radical (unpaired) electrons. The van der Waals surface area contributed by atoms with Gasteiger partial charge in [-0.1, -0.05) is 30.3 Å². The summed E-state index contributed by atoms with van der Waals surface area (Å²) in [6, 6.07) is 12.8. The molecule has 1 heterocycles. The third kappa shape index (κ3) is 5.18. The lowest BCUT2D eigenvalue weighted by molar-refractivity contribution is -0.137. The molecule has 3 rings (SSSR count). The topological polar surface area (TPSA) is 84.2 Å². The number of carbonyl (C=O) groups excluding carboxylic acids is 1. The van der Waals surface area contributed by atoms with Gasteiger partial charge in [-0.3, -0.25) is 14.2 Å². The number of nitrogens with zero attached hydrogens (tertiary/aromatic N) is 2. The normalized spacial score (nSPS) is 11.4. The van der Waals surface area contributed by atoms with Gasteiger partial charge in [-0.15, -0.1) is 0 Å². The molecule has 162 valence electrons. The Balaban J connectivity index is 2.04. The molecule has 0 aliphatic heterocycles. The molecule has 9 heteroatoms. The number of hydrogen-bond acceptors (Lipinski definition) is 4. The number of benzene rings is 2. The van der Waals surface area contributed by atoms with E-state index in [-0.39, 0.29) is 30.0 Å². The zero-order chi connectivity index (χ0) is 22.6. The van der Waals surface area contributed by atoms with Crippen LogP contribution in [0.5, 0.6) is 0 Å². The van der Waals surface area contributed by atoms with Gasteiger partial charge in [0.2, 0.25) is 5.91 Å². The first kappa shape index (κ1) is 22.2. The Morgan fingerprint density at radius 3 is 2.32 bits per heavy atom. The fourth-order valence-corrected chi connectivity index (χ4v) is 3.14. The van der Waals surface area contributed by atoms with Gasteiger partial charge in [0.1, 0.15) is 12.4 Å². The van der Waals surface area contributed by atoms with Gasteiger partial charge < -0.3 is 10.4 Å². The maximum atomic E-state index is 13.0. The summed E-state index contributed by atoms with van der Waals surface area (Å²) in [4.78, 5) is 30.0. The number of hydrogen-bond donors (Lipinski definition) is 2. The maximum absolute atomic E-state index is 13.0. The second-order valence-corrected chi connectivity index (χ2v) is 6.85. The number of amides is 1. The Kier molecular flexibility index (Phi) is 6.55. The van der Waals surface area contributed by atoms with E-state index in [1.807, 2.05) is 0 Å². The SMILES string of the molecule is Cc1nc(-c2ccc(C(F)(F)F)cc2)n(CC(=O)Nc2ccccc2)c(=O)c1CCO. The molecule has 0 fully saturated rings. The van der Waals surface area contributed by atoms with Crippen LogP contribution in [0.2, 0.25) is 0 Å². The lowest BCUT2D eigenvalue weighted by Gasteiger charge is -2.16. The van der Waals surface area contributed by atoms with Crippen molar-refractivity contribution in [3.8, 4) is 11.4 Å². The quantitative estimate of drug-likeness (QED) is 0.627. The van der Waals surface area contributed by atoms with E-state index in [2.05, 4.69) is 10.3 Å². The van der Waals surface area contributed by atoms with Crippen molar-refractivity contribution in [2.24, 2.45) is 0 Å². The maximum Gasteiger partial charge on any atom is 0.416 e. The highest BCUT2D eigenvalue weighted by molar-refractivity contribution is 5.90. The monoisotopic (exact) mass is 431 g/mol. The van der Waals surface area contributed by atoms with Gasteiger partial charge in [-0.05, 0) is 31.2 Å². The van der Waals surface area contributed by atoms with E-state index in [0.717, 1.165) is 16.7 Å². The van der Waals surface area contributed by atoms with Gasteiger partial charge >= 0.3 is 6.18 Å². The van der Waals surface area contributed by atoms with Crippen molar-refractivity contribution in [1.29, 1.82) is 0 Å². The smallest absolute Gasteiger partial charge is 0.396 e. The number of aryl methyl sites for hydroxylation is 1. The lowest BCUT2D eigenvalue weighted by atomic mass is 10.1. The van der Waals surface area contributed by atoms with Crippen LogP contribution in [0, 0.1) is 6.92 Å². The Bertz CT molecular complexity index is 1120. The molecule has 0 saturated heterocycles. The first-order valence-corrected chi connectivity index (χ1v) is 9.44. The fourth-order valence-electron chi connectivity index (χ4n) is 3.14. The van der Waals surface area contributed by atoms with E-state index >= 15 is 0 Å². The number of para-hydroxylation sites is 1. The van der Waals surface area contributed by atoms with Crippen LogP contribution >= 0.6 is 0 Å². The Morgan fingerprint density at radius 1 is 1.10 bits per heavy atom. The molecule has 0 bridgehead atoms. The summed E-state index contributed by atoms with van der Waals surface area (Å²) in [6.07, 6.45) is -4.45. The van der Waals surface area contributed by atoms with Crippen LogP contribution in [0.3, 0.4) is 0 Å². The van der Waals surface area contributed by atoms with Crippen LogP contribution in [-0.2, 0) is 23.9 Å². The van der Waals surface area contributed by atoms with E-state index in [9.17, 15) is 27.9 Å². The molecular formula is C22H20F3N3O3. The average Bonchev–Trinajstić information content (AvgIpc) is 2.73.